The molecule has 0 bridgehead atoms. The number of nitrogens with one attached hydrogen (secondary N) is 1. The minimum atomic E-state index is 0.196. The molecule has 2 aromatic rings. The monoisotopic (exact) mass is 303 g/mol. The number of benzene rings is 1. The molecule has 4 nitrogen and oxygen atoms in total. The molecule has 1 aromatic heterocycles. The van der Waals surface area contributed by atoms with Crippen LogP contribution in [0.1, 0.15) is 19.8 Å². The van der Waals surface area contributed by atoms with Crippen molar-refractivity contribution in [1.82, 2.24) is 9.97 Å². The van der Waals surface area contributed by atoms with E-state index >= 15 is 0 Å². The van der Waals surface area contributed by atoms with Gasteiger partial charge in [-0.15, -0.1) is 0 Å². The third-order valence-corrected chi connectivity index (χ3v) is 3.82. The van der Waals surface area contributed by atoms with Crippen LogP contribution < -0.4 is 5.32 Å². The Bertz CT molecular complexity index is 600. The Balaban J connectivity index is 1.81. The molecular formula is C16H18ClN3O. The van der Waals surface area contributed by atoms with E-state index in [9.17, 15) is 0 Å². The normalized spacial score (nSPS) is 19.4. The van der Waals surface area contributed by atoms with Gasteiger partial charge in [0.25, 0.3) is 0 Å². The number of halogens is 1. The van der Waals surface area contributed by atoms with E-state index in [4.69, 9.17) is 16.3 Å². The highest BCUT2D eigenvalue weighted by Crippen LogP contribution is 2.22. The summed E-state index contributed by atoms with van der Waals surface area (Å²) in [4.78, 5) is 8.84. The number of nitrogens with zero attached hydrogens (tertiary/aromatic N) is 2. The molecule has 1 N–H and O–H groups in total. The van der Waals surface area contributed by atoms with Gasteiger partial charge in [-0.2, -0.15) is 0 Å². The van der Waals surface area contributed by atoms with Crippen LogP contribution in [-0.4, -0.2) is 28.7 Å². The number of ether oxygens (including phenoxy) is 1. The molecule has 3 rings (SSSR count). The SMILES string of the molecule is CC(Nc1cc(Cl)nc(-c2ccccc2)n1)C1CCCO1. The molecule has 0 spiro atoms. The van der Waals surface area contributed by atoms with Crippen LogP contribution in [0, 0.1) is 0 Å². The van der Waals surface area contributed by atoms with E-state index in [1.807, 2.05) is 30.3 Å². The first-order valence-electron chi connectivity index (χ1n) is 7.20. The Morgan fingerprint density at radius 3 is 2.81 bits per heavy atom. The van der Waals surface area contributed by atoms with Crippen molar-refractivity contribution in [2.24, 2.45) is 0 Å². The summed E-state index contributed by atoms with van der Waals surface area (Å²) >= 11 is 6.12. The third-order valence-electron chi connectivity index (χ3n) is 3.63. The zero-order chi connectivity index (χ0) is 14.7. The second-order valence-corrected chi connectivity index (χ2v) is 5.64. The van der Waals surface area contributed by atoms with Gasteiger partial charge < -0.3 is 10.1 Å². The molecule has 1 aliphatic rings. The average Bonchev–Trinajstić information content (AvgIpc) is 3.02. The fraction of sp³-hybridized carbons (Fsp3) is 0.375. The first-order chi connectivity index (χ1) is 10.2. The highest BCUT2D eigenvalue weighted by molar-refractivity contribution is 6.29. The van der Waals surface area contributed by atoms with Crippen LogP contribution in [0.15, 0.2) is 36.4 Å². The molecule has 1 saturated heterocycles. The van der Waals surface area contributed by atoms with Gasteiger partial charge in [-0.05, 0) is 19.8 Å². The maximum Gasteiger partial charge on any atom is 0.163 e. The summed E-state index contributed by atoms with van der Waals surface area (Å²) in [6.45, 7) is 2.95. The van der Waals surface area contributed by atoms with Gasteiger partial charge in [-0.1, -0.05) is 41.9 Å². The molecule has 0 aliphatic carbocycles. The minimum Gasteiger partial charge on any atom is -0.376 e. The summed E-state index contributed by atoms with van der Waals surface area (Å²) in [6, 6.07) is 11.8. The Morgan fingerprint density at radius 1 is 1.29 bits per heavy atom. The zero-order valence-electron chi connectivity index (χ0n) is 11.9. The summed E-state index contributed by atoms with van der Waals surface area (Å²) in [5.41, 5.74) is 0.952. The van der Waals surface area contributed by atoms with Crippen molar-refractivity contribution in [3.8, 4) is 11.4 Å². The van der Waals surface area contributed by atoms with Crippen LogP contribution in [0.3, 0.4) is 0 Å². The first-order valence-corrected chi connectivity index (χ1v) is 7.58. The molecule has 0 saturated carbocycles. The molecule has 1 aromatic carbocycles. The summed E-state index contributed by atoms with van der Waals surface area (Å²) in [5, 5.41) is 3.81. The third kappa shape index (κ3) is 3.52. The topological polar surface area (TPSA) is 47.0 Å². The van der Waals surface area contributed by atoms with Crippen molar-refractivity contribution >= 4 is 17.4 Å². The van der Waals surface area contributed by atoms with Gasteiger partial charge in [-0.3, -0.25) is 0 Å². The highest BCUT2D eigenvalue weighted by Gasteiger charge is 2.22. The Hall–Kier alpha value is -1.65. The molecule has 0 amide bonds. The quantitative estimate of drug-likeness (QED) is 0.873. The average molecular weight is 304 g/mol. The molecule has 0 radical (unpaired) electrons. The predicted octanol–water partition coefficient (Wildman–Crippen LogP) is 3.78. The van der Waals surface area contributed by atoms with Gasteiger partial charge >= 0.3 is 0 Å². The molecular weight excluding hydrogens is 286 g/mol. The van der Waals surface area contributed by atoms with Crippen molar-refractivity contribution in [3.05, 3.63) is 41.6 Å². The number of aromatic nitrogens is 2. The molecule has 5 heteroatoms. The second-order valence-electron chi connectivity index (χ2n) is 5.25. The van der Waals surface area contributed by atoms with Gasteiger partial charge in [0.1, 0.15) is 11.0 Å². The van der Waals surface area contributed by atoms with Crippen molar-refractivity contribution in [1.29, 1.82) is 0 Å². The number of hydrogen-bond acceptors (Lipinski definition) is 4. The van der Waals surface area contributed by atoms with Crippen molar-refractivity contribution in [2.75, 3.05) is 11.9 Å². The molecule has 1 aliphatic heterocycles. The lowest BCUT2D eigenvalue weighted by atomic mass is 10.1. The van der Waals surface area contributed by atoms with Crippen molar-refractivity contribution in [3.63, 3.8) is 0 Å². The van der Waals surface area contributed by atoms with Crippen LogP contribution in [0.2, 0.25) is 5.15 Å². The molecule has 21 heavy (non-hydrogen) atoms. The number of rotatable bonds is 4. The van der Waals surface area contributed by atoms with E-state index in [1.54, 1.807) is 6.07 Å². The van der Waals surface area contributed by atoms with Gasteiger partial charge in [0.15, 0.2) is 5.82 Å². The Kier molecular flexibility index (Phi) is 4.36. The smallest absolute Gasteiger partial charge is 0.163 e. The van der Waals surface area contributed by atoms with E-state index in [-0.39, 0.29) is 12.1 Å². The molecule has 2 heterocycles. The van der Waals surface area contributed by atoms with Crippen LogP contribution in [0.25, 0.3) is 11.4 Å². The number of anilines is 1. The van der Waals surface area contributed by atoms with Gasteiger partial charge in [0.2, 0.25) is 0 Å². The Labute approximate surface area is 129 Å². The van der Waals surface area contributed by atoms with Gasteiger partial charge in [-0.25, -0.2) is 9.97 Å². The lowest BCUT2D eigenvalue weighted by molar-refractivity contribution is 0.0995. The Morgan fingerprint density at radius 2 is 2.10 bits per heavy atom. The zero-order valence-corrected chi connectivity index (χ0v) is 12.7. The molecule has 2 unspecified atom stereocenters. The summed E-state index contributed by atoms with van der Waals surface area (Å²) in [7, 11) is 0. The molecule has 2 atom stereocenters. The maximum atomic E-state index is 6.12. The van der Waals surface area contributed by atoms with Gasteiger partial charge in [0.05, 0.1) is 12.1 Å². The van der Waals surface area contributed by atoms with Crippen LogP contribution in [0.4, 0.5) is 5.82 Å². The van der Waals surface area contributed by atoms with Crippen molar-refractivity contribution < 1.29 is 4.74 Å². The van der Waals surface area contributed by atoms with E-state index < -0.39 is 0 Å². The summed E-state index contributed by atoms with van der Waals surface area (Å²) in [6.07, 6.45) is 2.44. The van der Waals surface area contributed by atoms with Gasteiger partial charge in [0, 0.05) is 18.2 Å². The van der Waals surface area contributed by atoms with E-state index in [1.165, 1.54) is 0 Å². The highest BCUT2D eigenvalue weighted by atomic mass is 35.5. The van der Waals surface area contributed by atoms with Crippen LogP contribution in [0.5, 0.6) is 0 Å². The van der Waals surface area contributed by atoms with E-state index in [2.05, 4.69) is 22.2 Å². The van der Waals surface area contributed by atoms with Crippen LogP contribution >= 0.6 is 11.6 Å². The standard InChI is InChI=1S/C16H18ClN3O/c1-11(13-8-5-9-21-13)18-15-10-14(17)19-16(20-15)12-6-3-2-4-7-12/h2-4,6-7,10-11,13H,5,8-9H2,1H3,(H,18,19,20). The molecule has 110 valence electrons. The fourth-order valence-corrected chi connectivity index (χ4v) is 2.71. The summed E-state index contributed by atoms with van der Waals surface area (Å²) in [5.74, 6) is 1.36. The predicted molar refractivity (Wildman–Crippen MR) is 84.5 cm³/mol. The molecule has 1 fully saturated rings. The lowest BCUT2D eigenvalue weighted by Gasteiger charge is -2.20. The van der Waals surface area contributed by atoms with Crippen LogP contribution in [-0.2, 0) is 4.74 Å². The number of hydrogen-bond donors (Lipinski definition) is 1. The van der Waals surface area contributed by atoms with E-state index in [0.717, 1.165) is 30.8 Å². The first kappa shape index (κ1) is 14.3. The van der Waals surface area contributed by atoms with Crippen molar-refractivity contribution in [2.45, 2.75) is 31.9 Å². The lowest BCUT2D eigenvalue weighted by Crippen LogP contribution is -2.30. The summed E-state index contributed by atoms with van der Waals surface area (Å²) < 4.78 is 5.69. The maximum absolute atomic E-state index is 6.12. The fourth-order valence-electron chi connectivity index (χ4n) is 2.53. The largest absolute Gasteiger partial charge is 0.376 e. The minimum absolute atomic E-state index is 0.196. The van der Waals surface area contributed by atoms with E-state index in [0.29, 0.717) is 11.0 Å². The second kappa shape index (κ2) is 6.41.